The summed E-state index contributed by atoms with van der Waals surface area (Å²) in [6.45, 7) is 1.80. The van der Waals surface area contributed by atoms with Crippen LogP contribution in [0.1, 0.15) is 12.5 Å². The Hall–Kier alpha value is -1.95. The van der Waals surface area contributed by atoms with Gasteiger partial charge in [0.05, 0.1) is 11.3 Å². The molecular formula is C9H13N4O2+. The largest absolute Gasteiger partial charge is 0.411 e. The summed E-state index contributed by atoms with van der Waals surface area (Å²) < 4.78 is 1.65. The minimum Gasteiger partial charge on any atom is -0.411 e. The van der Waals surface area contributed by atoms with Gasteiger partial charge in [-0.2, -0.15) is 4.57 Å². The first kappa shape index (κ1) is 11.1. The normalized spacial score (nSPS) is 11.2. The van der Waals surface area contributed by atoms with E-state index < -0.39 is 0 Å². The summed E-state index contributed by atoms with van der Waals surface area (Å²) in [4.78, 5) is 11.0. The van der Waals surface area contributed by atoms with Gasteiger partial charge in [-0.15, -0.1) is 0 Å². The number of amides is 1. The van der Waals surface area contributed by atoms with E-state index in [9.17, 15) is 4.79 Å². The lowest BCUT2D eigenvalue weighted by Crippen LogP contribution is -2.45. The van der Waals surface area contributed by atoms with Crippen LogP contribution in [-0.2, 0) is 11.3 Å². The quantitative estimate of drug-likeness (QED) is 0.151. The van der Waals surface area contributed by atoms with Crippen molar-refractivity contribution >= 4 is 11.6 Å². The maximum atomic E-state index is 11.0. The minimum atomic E-state index is -0.296. The Morgan fingerprint density at radius 3 is 3.07 bits per heavy atom. The SMILES string of the molecule is C/C(=N/O)c1ccc[n+](CC(=O)NN)c1. The van der Waals surface area contributed by atoms with Crippen LogP contribution in [0.4, 0.5) is 0 Å². The van der Waals surface area contributed by atoms with E-state index in [0.29, 0.717) is 5.71 Å². The average molecular weight is 209 g/mol. The highest BCUT2D eigenvalue weighted by Crippen LogP contribution is 1.96. The highest BCUT2D eigenvalue weighted by molar-refractivity contribution is 5.97. The predicted molar refractivity (Wildman–Crippen MR) is 53.0 cm³/mol. The number of hydrazine groups is 1. The van der Waals surface area contributed by atoms with Gasteiger partial charge < -0.3 is 5.21 Å². The summed E-state index contributed by atoms with van der Waals surface area (Å²) >= 11 is 0. The zero-order valence-corrected chi connectivity index (χ0v) is 8.34. The van der Waals surface area contributed by atoms with Gasteiger partial charge in [-0.1, -0.05) is 5.16 Å². The van der Waals surface area contributed by atoms with Gasteiger partial charge in [0.15, 0.2) is 12.4 Å². The van der Waals surface area contributed by atoms with Crippen molar-refractivity contribution in [1.29, 1.82) is 0 Å². The van der Waals surface area contributed by atoms with Crippen LogP contribution < -0.4 is 15.8 Å². The predicted octanol–water partition coefficient (Wildman–Crippen LogP) is -0.838. The second-order valence-electron chi connectivity index (χ2n) is 3.02. The Morgan fingerprint density at radius 1 is 1.73 bits per heavy atom. The molecule has 1 rings (SSSR count). The molecule has 0 fully saturated rings. The fourth-order valence-corrected chi connectivity index (χ4v) is 1.10. The van der Waals surface area contributed by atoms with Crippen molar-refractivity contribution in [3.63, 3.8) is 0 Å². The standard InChI is InChI=1S/C9H12N4O2/c1-7(12-15)8-3-2-4-13(5-8)6-9(14)11-10/h2-5H,6,10H2,1H3,(H-,11,14,15)/p+1/b12-7-. The second kappa shape index (κ2) is 5.06. The Kier molecular flexibility index (Phi) is 3.75. The van der Waals surface area contributed by atoms with E-state index in [1.165, 1.54) is 0 Å². The number of rotatable bonds is 3. The molecular weight excluding hydrogens is 196 g/mol. The molecule has 0 saturated carbocycles. The number of oxime groups is 1. The third-order valence-electron chi connectivity index (χ3n) is 1.91. The van der Waals surface area contributed by atoms with E-state index in [1.807, 2.05) is 5.43 Å². The Morgan fingerprint density at radius 2 is 2.47 bits per heavy atom. The monoisotopic (exact) mass is 209 g/mol. The van der Waals surface area contributed by atoms with Gasteiger partial charge in [-0.25, -0.2) is 5.84 Å². The van der Waals surface area contributed by atoms with Gasteiger partial charge in [-0.3, -0.25) is 10.2 Å². The minimum absolute atomic E-state index is 0.128. The number of carbonyl (C=O) groups is 1. The van der Waals surface area contributed by atoms with Gasteiger partial charge in [0, 0.05) is 6.07 Å². The fraction of sp³-hybridized carbons (Fsp3) is 0.222. The van der Waals surface area contributed by atoms with E-state index in [0.717, 1.165) is 5.56 Å². The van der Waals surface area contributed by atoms with Crippen LogP contribution in [0.15, 0.2) is 29.7 Å². The van der Waals surface area contributed by atoms with Crippen molar-refractivity contribution < 1.29 is 14.6 Å². The van der Waals surface area contributed by atoms with Crippen molar-refractivity contribution in [3.05, 3.63) is 30.1 Å². The topological polar surface area (TPSA) is 91.6 Å². The number of carbonyl (C=O) groups excluding carboxylic acids is 1. The summed E-state index contributed by atoms with van der Waals surface area (Å²) in [7, 11) is 0. The molecule has 6 heteroatoms. The molecule has 80 valence electrons. The molecule has 0 aromatic carbocycles. The van der Waals surface area contributed by atoms with Crippen LogP contribution in [0.2, 0.25) is 0 Å². The summed E-state index contributed by atoms with van der Waals surface area (Å²) in [5, 5.41) is 11.7. The molecule has 0 bridgehead atoms. The van der Waals surface area contributed by atoms with Crippen molar-refractivity contribution in [2.24, 2.45) is 11.0 Å². The maximum Gasteiger partial charge on any atom is 0.299 e. The van der Waals surface area contributed by atoms with Crippen LogP contribution in [0.3, 0.4) is 0 Å². The summed E-state index contributed by atoms with van der Waals surface area (Å²) in [6, 6.07) is 3.54. The molecule has 0 atom stereocenters. The summed E-state index contributed by atoms with van der Waals surface area (Å²) in [6.07, 6.45) is 3.42. The Bertz CT molecular complexity index is 389. The highest BCUT2D eigenvalue weighted by atomic mass is 16.4. The average Bonchev–Trinajstić information content (AvgIpc) is 2.28. The molecule has 6 nitrogen and oxygen atoms in total. The lowest BCUT2D eigenvalue weighted by atomic mass is 10.2. The number of hydrogen-bond donors (Lipinski definition) is 3. The molecule has 4 N–H and O–H groups in total. The van der Waals surface area contributed by atoms with Gasteiger partial charge in [0.2, 0.25) is 6.54 Å². The lowest BCUT2D eigenvalue weighted by Gasteiger charge is -1.98. The second-order valence-corrected chi connectivity index (χ2v) is 3.02. The maximum absolute atomic E-state index is 11.0. The van der Waals surface area contributed by atoms with Gasteiger partial charge in [0.1, 0.15) is 0 Å². The van der Waals surface area contributed by atoms with E-state index >= 15 is 0 Å². The number of hydrogen-bond acceptors (Lipinski definition) is 4. The van der Waals surface area contributed by atoms with Crippen LogP contribution in [0.5, 0.6) is 0 Å². The smallest absolute Gasteiger partial charge is 0.299 e. The molecule has 0 aliphatic rings. The number of nitrogens with zero attached hydrogens (tertiary/aromatic N) is 2. The molecule has 0 unspecified atom stereocenters. The zero-order valence-electron chi connectivity index (χ0n) is 8.34. The van der Waals surface area contributed by atoms with Gasteiger partial charge in [0.25, 0.3) is 5.91 Å². The molecule has 0 aliphatic heterocycles. The number of nitrogens with two attached hydrogens (primary N) is 1. The highest BCUT2D eigenvalue weighted by Gasteiger charge is 2.09. The van der Waals surface area contributed by atoms with Crippen molar-refractivity contribution in [2.75, 3.05) is 0 Å². The molecule has 1 heterocycles. The summed E-state index contributed by atoms with van der Waals surface area (Å²) in [5.74, 6) is 4.67. The molecule has 0 saturated heterocycles. The molecule has 0 aliphatic carbocycles. The molecule has 1 aromatic rings. The Balaban J connectivity index is 2.88. The van der Waals surface area contributed by atoms with E-state index in [4.69, 9.17) is 11.0 Å². The molecule has 1 amide bonds. The van der Waals surface area contributed by atoms with E-state index in [-0.39, 0.29) is 12.5 Å². The van der Waals surface area contributed by atoms with Crippen LogP contribution in [-0.4, -0.2) is 16.8 Å². The van der Waals surface area contributed by atoms with Crippen molar-refractivity contribution in [1.82, 2.24) is 5.43 Å². The number of pyridine rings is 1. The lowest BCUT2D eigenvalue weighted by molar-refractivity contribution is -0.684. The van der Waals surface area contributed by atoms with Crippen LogP contribution in [0.25, 0.3) is 0 Å². The first-order chi connectivity index (χ1) is 7.17. The van der Waals surface area contributed by atoms with Crippen LogP contribution >= 0.6 is 0 Å². The fourth-order valence-electron chi connectivity index (χ4n) is 1.10. The molecule has 15 heavy (non-hydrogen) atoms. The summed E-state index contributed by atoms with van der Waals surface area (Å²) in [5.41, 5.74) is 3.26. The van der Waals surface area contributed by atoms with E-state index in [2.05, 4.69) is 5.16 Å². The molecule has 0 spiro atoms. The van der Waals surface area contributed by atoms with Crippen molar-refractivity contribution in [2.45, 2.75) is 13.5 Å². The van der Waals surface area contributed by atoms with Gasteiger partial charge >= 0.3 is 0 Å². The third-order valence-corrected chi connectivity index (χ3v) is 1.91. The first-order valence-corrected chi connectivity index (χ1v) is 4.35. The number of aromatic nitrogens is 1. The molecule has 1 aromatic heterocycles. The first-order valence-electron chi connectivity index (χ1n) is 4.35. The van der Waals surface area contributed by atoms with Crippen LogP contribution in [0, 0.1) is 0 Å². The zero-order chi connectivity index (χ0) is 11.3. The van der Waals surface area contributed by atoms with Gasteiger partial charge in [-0.05, 0) is 13.0 Å². The number of nitrogens with one attached hydrogen (secondary N) is 1. The van der Waals surface area contributed by atoms with Crippen molar-refractivity contribution in [3.8, 4) is 0 Å². The Labute approximate surface area is 87.0 Å². The molecule has 0 radical (unpaired) electrons. The third kappa shape index (κ3) is 3.03. The van der Waals surface area contributed by atoms with E-state index in [1.54, 1.807) is 36.0 Å².